The Morgan fingerprint density at radius 1 is 1.03 bits per heavy atom. The van der Waals surface area contributed by atoms with Crippen molar-refractivity contribution >= 4 is 28.8 Å². The van der Waals surface area contributed by atoms with Gasteiger partial charge in [-0.05, 0) is 23.6 Å². The molecule has 150 valence electrons. The summed E-state index contributed by atoms with van der Waals surface area (Å²) in [5.41, 5.74) is 2.90. The topological polar surface area (TPSA) is 71.1 Å². The highest BCUT2D eigenvalue weighted by Gasteiger charge is 2.14. The first-order valence-electron chi connectivity index (χ1n) is 9.65. The molecular formula is C23H25N3O2S. The predicted molar refractivity (Wildman–Crippen MR) is 117 cm³/mol. The van der Waals surface area contributed by atoms with Gasteiger partial charge in [0.2, 0.25) is 5.91 Å². The lowest BCUT2D eigenvalue weighted by atomic mass is 10.1. The molecule has 2 N–H and O–H groups in total. The molecular weight excluding hydrogens is 382 g/mol. The van der Waals surface area contributed by atoms with E-state index in [0.29, 0.717) is 23.7 Å². The van der Waals surface area contributed by atoms with Crippen LogP contribution in [0.3, 0.4) is 0 Å². The van der Waals surface area contributed by atoms with Gasteiger partial charge in [-0.25, -0.2) is 4.98 Å². The van der Waals surface area contributed by atoms with Crippen LogP contribution < -0.4 is 10.6 Å². The largest absolute Gasteiger partial charge is 0.352 e. The Morgan fingerprint density at radius 2 is 1.76 bits per heavy atom. The second kappa shape index (κ2) is 9.98. The summed E-state index contributed by atoms with van der Waals surface area (Å²) < 4.78 is 0. The van der Waals surface area contributed by atoms with Crippen molar-refractivity contribution < 1.29 is 9.59 Å². The molecule has 0 bridgehead atoms. The third-order valence-corrected chi connectivity index (χ3v) is 5.15. The zero-order valence-electron chi connectivity index (χ0n) is 16.6. The lowest BCUT2D eigenvalue weighted by Gasteiger charge is -2.12. The number of para-hydroxylation sites is 1. The van der Waals surface area contributed by atoms with Crippen LogP contribution in [0.15, 0.2) is 60.0 Å². The molecule has 0 fully saturated rings. The van der Waals surface area contributed by atoms with Gasteiger partial charge in [0.15, 0.2) is 0 Å². The van der Waals surface area contributed by atoms with Crippen molar-refractivity contribution in [2.24, 2.45) is 5.92 Å². The van der Waals surface area contributed by atoms with Gasteiger partial charge in [0.05, 0.1) is 28.4 Å². The SMILES string of the molecule is CC(C)CNC(=O)c1ccccc1NC(=O)Cc1csc(Cc2ccccc2)n1. The minimum atomic E-state index is -0.189. The van der Waals surface area contributed by atoms with Crippen molar-refractivity contribution in [3.63, 3.8) is 0 Å². The summed E-state index contributed by atoms with van der Waals surface area (Å²) in [6, 6.07) is 17.2. The van der Waals surface area contributed by atoms with Crippen molar-refractivity contribution in [2.75, 3.05) is 11.9 Å². The Hall–Kier alpha value is -2.99. The highest BCUT2D eigenvalue weighted by molar-refractivity contribution is 7.09. The zero-order valence-corrected chi connectivity index (χ0v) is 17.5. The van der Waals surface area contributed by atoms with E-state index >= 15 is 0 Å². The molecule has 0 aliphatic rings. The van der Waals surface area contributed by atoms with E-state index in [9.17, 15) is 9.59 Å². The van der Waals surface area contributed by atoms with Gasteiger partial charge in [0, 0.05) is 18.3 Å². The average molecular weight is 408 g/mol. The monoisotopic (exact) mass is 407 g/mol. The van der Waals surface area contributed by atoms with E-state index in [-0.39, 0.29) is 18.2 Å². The zero-order chi connectivity index (χ0) is 20.6. The number of anilines is 1. The standard InChI is InChI=1S/C23H25N3O2S/c1-16(2)14-24-23(28)19-10-6-7-11-20(19)26-21(27)13-18-15-29-22(25-18)12-17-8-4-3-5-9-17/h3-11,15-16H,12-14H2,1-2H3,(H,24,28)(H,26,27). The maximum atomic E-state index is 12.5. The normalized spacial score (nSPS) is 10.7. The average Bonchev–Trinajstić information content (AvgIpc) is 3.13. The quantitative estimate of drug-likeness (QED) is 0.585. The molecule has 5 nitrogen and oxygen atoms in total. The number of nitrogens with one attached hydrogen (secondary N) is 2. The summed E-state index contributed by atoms with van der Waals surface area (Å²) in [5.74, 6) is -0.0190. The summed E-state index contributed by atoms with van der Waals surface area (Å²) in [7, 11) is 0. The van der Waals surface area contributed by atoms with E-state index in [0.717, 1.165) is 17.1 Å². The first kappa shape index (κ1) is 20.7. The fourth-order valence-electron chi connectivity index (χ4n) is 2.82. The van der Waals surface area contributed by atoms with Gasteiger partial charge < -0.3 is 10.6 Å². The first-order valence-corrected chi connectivity index (χ1v) is 10.5. The number of rotatable bonds is 8. The van der Waals surface area contributed by atoms with Crippen molar-refractivity contribution in [1.29, 1.82) is 0 Å². The van der Waals surface area contributed by atoms with Crippen LogP contribution in [0.2, 0.25) is 0 Å². The number of amides is 2. The van der Waals surface area contributed by atoms with Crippen LogP contribution in [0.1, 0.15) is 40.5 Å². The second-order valence-corrected chi connectivity index (χ2v) is 8.21. The van der Waals surface area contributed by atoms with E-state index in [1.807, 2.05) is 37.4 Å². The van der Waals surface area contributed by atoms with Crippen molar-refractivity contribution in [3.8, 4) is 0 Å². The van der Waals surface area contributed by atoms with Crippen LogP contribution in [0.4, 0.5) is 5.69 Å². The summed E-state index contributed by atoms with van der Waals surface area (Å²) in [4.78, 5) is 29.5. The van der Waals surface area contributed by atoms with Crippen molar-refractivity contribution in [2.45, 2.75) is 26.7 Å². The van der Waals surface area contributed by atoms with E-state index in [4.69, 9.17) is 0 Å². The molecule has 0 spiro atoms. The molecule has 3 rings (SSSR count). The van der Waals surface area contributed by atoms with Crippen LogP contribution >= 0.6 is 11.3 Å². The van der Waals surface area contributed by atoms with Crippen molar-refractivity contribution in [1.82, 2.24) is 10.3 Å². The molecule has 29 heavy (non-hydrogen) atoms. The Morgan fingerprint density at radius 3 is 2.52 bits per heavy atom. The molecule has 0 saturated carbocycles. The highest BCUT2D eigenvalue weighted by atomic mass is 32.1. The number of hydrogen-bond acceptors (Lipinski definition) is 4. The Kier molecular flexibility index (Phi) is 7.14. The maximum absolute atomic E-state index is 12.5. The highest BCUT2D eigenvalue weighted by Crippen LogP contribution is 2.18. The van der Waals surface area contributed by atoms with E-state index in [2.05, 4.69) is 27.8 Å². The van der Waals surface area contributed by atoms with Gasteiger partial charge in [-0.1, -0.05) is 56.3 Å². The van der Waals surface area contributed by atoms with E-state index in [1.165, 1.54) is 5.56 Å². The Bertz CT molecular complexity index is 967. The number of carbonyl (C=O) groups excluding carboxylic acids is 2. The number of nitrogens with zero attached hydrogens (tertiary/aromatic N) is 1. The van der Waals surface area contributed by atoms with E-state index in [1.54, 1.807) is 35.6 Å². The number of aromatic nitrogens is 1. The van der Waals surface area contributed by atoms with Gasteiger partial charge >= 0.3 is 0 Å². The molecule has 2 aromatic carbocycles. The predicted octanol–water partition coefficient (Wildman–Crippen LogP) is 4.30. The second-order valence-electron chi connectivity index (χ2n) is 7.27. The third kappa shape index (κ3) is 6.26. The molecule has 2 amide bonds. The lowest BCUT2D eigenvalue weighted by molar-refractivity contribution is -0.115. The summed E-state index contributed by atoms with van der Waals surface area (Å²) >= 11 is 1.55. The van der Waals surface area contributed by atoms with Gasteiger partial charge in [-0.15, -0.1) is 11.3 Å². The van der Waals surface area contributed by atoms with E-state index < -0.39 is 0 Å². The van der Waals surface area contributed by atoms with Crippen LogP contribution in [-0.4, -0.2) is 23.3 Å². The third-order valence-electron chi connectivity index (χ3n) is 4.26. The van der Waals surface area contributed by atoms with Crippen molar-refractivity contribution in [3.05, 3.63) is 81.8 Å². The van der Waals surface area contributed by atoms with Gasteiger partial charge in [0.25, 0.3) is 5.91 Å². The minimum absolute atomic E-state index is 0.174. The molecule has 3 aromatic rings. The summed E-state index contributed by atoms with van der Waals surface area (Å²) in [6.07, 6.45) is 0.930. The molecule has 1 heterocycles. The van der Waals surface area contributed by atoms with Gasteiger partial charge in [-0.3, -0.25) is 9.59 Å². The Balaban J connectivity index is 1.61. The molecule has 0 unspecified atom stereocenters. The first-order chi connectivity index (χ1) is 14.0. The molecule has 0 aliphatic carbocycles. The van der Waals surface area contributed by atoms with Gasteiger partial charge in [0.1, 0.15) is 0 Å². The molecule has 1 aromatic heterocycles. The number of benzene rings is 2. The van der Waals surface area contributed by atoms with Crippen LogP contribution in [0.5, 0.6) is 0 Å². The molecule has 6 heteroatoms. The molecule has 0 atom stereocenters. The fourth-order valence-corrected chi connectivity index (χ4v) is 3.65. The fraction of sp³-hybridized carbons (Fsp3) is 0.261. The number of thiazole rings is 1. The minimum Gasteiger partial charge on any atom is -0.352 e. The molecule has 0 saturated heterocycles. The summed E-state index contributed by atoms with van der Waals surface area (Å²) in [5, 5.41) is 8.63. The summed E-state index contributed by atoms with van der Waals surface area (Å²) in [6.45, 7) is 4.66. The lowest BCUT2D eigenvalue weighted by Crippen LogP contribution is -2.28. The molecule has 0 aliphatic heterocycles. The molecule has 0 radical (unpaired) electrons. The number of carbonyl (C=O) groups is 2. The van der Waals surface area contributed by atoms with Gasteiger partial charge in [-0.2, -0.15) is 0 Å². The number of hydrogen-bond donors (Lipinski definition) is 2. The Labute approximate surface area is 175 Å². The maximum Gasteiger partial charge on any atom is 0.253 e. The smallest absolute Gasteiger partial charge is 0.253 e. The van der Waals surface area contributed by atoms with Crippen LogP contribution in [0.25, 0.3) is 0 Å². The van der Waals surface area contributed by atoms with Crippen LogP contribution in [-0.2, 0) is 17.6 Å². The van der Waals surface area contributed by atoms with Crippen LogP contribution in [0, 0.1) is 5.92 Å².